The van der Waals surface area contributed by atoms with Gasteiger partial charge in [-0.25, -0.2) is 8.78 Å². The summed E-state index contributed by atoms with van der Waals surface area (Å²) in [6, 6.07) is 11.1. The Morgan fingerprint density at radius 1 is 1.00 bits per heavy atom. The predicted molar refractivity (Wildman–Crippen MR) is 72.8 cm³/mol. The number of methoxy groups -OCH3 is 1. The zero-order valence-corrected chi connectivity index (χ0v) is 11.1. The first kappa shape index (κ1) is 14.5. The molecule has 0 amide bonds. The molecule has 0 saturated heterocycles. The summed E-state index contributed by atoms with van der Waals surface area (Å²) in [6.45, 7) is 0. The molecular weight excluding hydrogens is 262 g/mol. The first-order chi connectivity index (χ1) is 9.58. The molecule has 106 valence electrons. The summed E-state index contributed by atoms with van der Waals surface area (Å²) in [7, 11) is 1.58. The third-order valence-corrected chi connectivity index (χ3v) is 3.06. The van der Waals surface area contributed by atoms with Gasteiger partial charge < -0.3 is 9.84 Å². The Hall–Kier alpha value is -1.94. The largest absolute Gasteiger partial charge is 0.497 e. The summed E-state index contributed by atoms with van der Waals surface area (Å²) in [5.41, 5.74) is 1.50. The van der Waals surface area contributed by atoms with Crippen molar-refractivity contribution in [2.75, 3.05) is 7.11 Å². The van der Waals surface area contributed by atoms with Gasteiger partial charge >= 0.3 is 0 Å². The lowest BCUT2D eigenvalue weighted by atomic mass is 10.0. The van der Waals surface area contributed by atoms with Crippen LogP contribution in [-0.4, -0.2) is 18.3 Å². The van der Waals surface area contributed by atoms with Gasteiger partial charge in [0.2, 0.25) is 0 Å². The molecule has 0 fully saturated rings. The van der Waals surface area contributed by atoms with Crippen LogP contribution in [0.2, 0.25) is 0 Å². The summed E-state index contributed by atoms with van der Waals surface area (Å²) >= 11 is 0. The van der Waals surface area contributed by atoms with Crippen molar-refractivity contribution >= 4 is 0 Å². The number of ether oxygens (including phenoxy) is 1. The fourth-order valence-electron chi connectivity index (χ4n) is 2.08. The van der Waals surface area contributed by atoms with E-state index in [1.165, 1.54) is 6.07 Å². The van der Waals surface area contributed by atoms with Crippen LogP contribution < -0.4 is 4.74 Å². The van der Waals surface area contributed by atoms with Crippen LogP contribution in [-0.2, 0) is 12.8 Å². The minimum absolute atomic E-state index is 0.272. The zero-order chi connectivity index (χ0) is 14.5. The minimum atomic E-state index is -0.893. The second kappa shape index (κ2) is 6.48. The van der Waals surface area contributed by atoms with Gasteiger partial charge in [-0.15, -0.1) is 0 Å². The highest BCUT2D eigenvalue weighted by molar-refractivity contribution is 5.29. The van der Waals surface area contributed by atoms with Gasteiger partial charge in [-0.1, -0.05) is 18.2 Å². The quantitative estimate of drug-likeness (QED) is 0.910. The summed E-state index contributed by atoms with van der Waals surface area (Å²) in [6.07, 6.45) is 0.0388. The molecule has 2 rings (SSSR count). The normalized spacial score (nSPS) is 12.2. The summed E-state index contributed by atoms with van der Waals surface area (Å²) in [5, 5.41) is 10.0. The Morgan fingerprint density at radius 3 is 2.35 bits per heavy atom. The fourth-order valence-corrected chi connectivity index (χ4v) is 2.08. The van der Waals surface area contributed by atoms with Crippen molar-refractivity contribution < 1.29 is 18.6 Å². The van der Waals surface area contributed by atoms with Crippen LogP contribution in [0.15, 0.2) is 42.5 Å². The maximum atomic E-state index is 13.1. The maximum absolute atomic E-state index is 13.1. The van der Waals surface area contributed by atoms with Gasteiger partial charge in [-0.05, 0) is 48.2 Å². The third kappa shape index (κ3) is 3.78. The van der Waals surface area contributed by atoms with Crippen molar-refractivity contribution in [1.29, 1.82) is 0 Å². The lowest BCUT2D eigenvalue weighted by molar-refractivity contribution is 0.175. The molecule has 0 aliphatic carbocycles. The van der Waals surface area contributed by atoms with E-state index in [0.29, 0.717) is 12.0 Å². The van der Waals surface area contributed by atoms with Crippen molar-refractivity contribution in [2.45, 2.75) is 18.9 Å². The van der Waals surface area contributed by atoms with Crippen molar-refractivity contribution in [1.82, 2.24) is 0 Å². The van der Waals surface area contributed by atoms with E-state index in [2.05, 4.69) is 0 Å². The van der Waals surface area contributed by atoms with E-state index in [1.807, 2.05) is 24.3 Å². The van der Waals surface area contributed by atoms with Gasteiger partial charge in [0.25, 0.3) is 0 Å². The van der Waals surface area contributed by atoms with Crippen molar-refractivity contribution in [3.8, 4) is 5.75 Å². The minimum Gasteiger partial charge on any atom is -0.497 e. The van der Waals surface area contributed by atoms with Crippen LogP contribution in [0.3, 0.4) is 0 Å². The molecule has 0 saturated carbocycles. The van der Waals surface area contributed by atoms with E-state index in [-0.39, 0.29) is 6.42 Å². The van der Waals surface area contributed by atoms with Crippen LogP contribution in [0, 0.1) is 11.6 Å². The number of benzene rings is 2. The van der Waals surface area contributed by atoms with Crippen LogP contribution in [0.25, 0.3) is 0 Å². The number of aliphatic hydroxyl groups excluding tert-OH is 1. The Morgan fingerprint density at radius 2 is 1.70 bits per heavy atom. The molecule has 2 aromatic carbocycles. The van der Waals surface area contributed by atoms with E-state index < -0.39 is 17.7 Å². The van der Waals surface area contributed by atoms with E-state index in [1.54, 1.807) is 7.11 Å². The van der Waals surface area contributed by atoms with E-state index >= 15 is 0 Å². The van der Waals surface area contributed by atoms with Gasteiger partial charge in [0.1, 0.15) is 5.75 Å². The van der Waals surface area contributed by atoms with Gasteiger partial charge in [0, 0.05) is 0 Å². The molecule has 0 bridgehead atoms. The SMILES string of the molecule is COc1cccc(CC(O)Cc2ccc(F)c(F)c2)c1. The van der Waals surface area contributed by atoms with E-state index in [0.717, 1.165) is 23.4 Å². The molecule has 0 spiro atoms. The molecule has 1 N–H and O–H groups in total. The smallest absolute Gasteiger partial charge is 0.159 e. The number of hydrogen-bond donors (Lipinski definition) is 1. The second-order valence-corrected chi connectivity index (χ2v) is 4.66. The Kier molecular flexibility index (Phi) is 4.69. The standard InChI is InChI=1S/C16H16F2O2/c1-20-14-4-2-3-11(9-14)7-13(19)8-12-5-6-15(17)16(18)10-12/h2-6,9-10,13,19H,7-8H2,1H3. The first-order valence-corrected chi connectivity index (χ1v) is 6.33. The average molecular weight is 278 g/mol. The van der Waals surface area contributed by atoms with Gasteiger partial charge in [0.05, 0.1) is 13.2 Å². The van der Waals surface area contributed by atoms with Crippen molar-refractivity contribution in [3.05, 3.63) is 65.2 Å². The van der Waals surface area contributed by atoms with Crippen LogP contribution >= 0.6 is 0 Å². The third-order valence-electron chi connectivity index (χ3n) is 3.06. The molecule has 2 nitrogen and oxygen atoms in total. The Labute approximate surface area is 116 Å². The van der Waals surface area contributed by atoms with Crippen LogP contribution in [0.1, 0.15) is 11.1 Å². The zero-order valence-electron chi connectivity index (χ0n) is 11.1. The topological polar surface area (TPSA) is 29.5 Å². The first-order valence-electron chi connectivity index (χ1n) is 6.33. The Balaban J connectivity index is 2.00. The second-order valence-electron chi connectivity index (χ2n) is 4.66. The molecule has 0 heterocycles. The lowest BCUT2D eigenvalue weighted by Crippen LogP contribution is -2.14. The van der Waals surface area contributed by atoms with Gasteiger partial charge in [0.15, 0.2) is 11.6 Å². The number of rotatable bonds is 5. The number of halogens is 2. The molecule has 1 unspecified atom stereocenters. The van der Waals surface area contributed by atoms with Gasteiger partial charge in [-0.3, -0.25) is 0 Å². The fraction of sp³-hybridized carbons (Fsp3) is 0.250. The molecule has 0 aliphatic heterocycles. The van der Waals surface area contributed by atoms with Crippen molar-refractivity contribution in [3.63, 3.8) is 0 Å². The maximum Gasteiger partial charge on any atom is 0.159 e. The Bertz CT molecular complexity index is 584. The molecule has 0 aliphatic rings. The average Bonchev–Trinajstić information content (AvgIpc) is 2.43. The summed E-state index contributed by atoms with van der Waals surface area (Å²) in [5.74, 6) is -1.05. The molecule has 2 aromatic rings. The lowest BCUT2D eigenvalue weighted by Gasteiger charge is -2.12. The highest BCUT2D eigenvalue weighted by Crippen LogP contribution is 2.16. The van der Waals surface area contributed by atoms with E-state index in [4.69, 9.17) is 4.74 Å². The molecule has 4 heteroatoms. The summed E-state index contributed by atoms with van der Waals surface area (Å²) < 4.78 is 31.0. The number of hydrogen-bond acceptors (Lipinski definition) is 2. The molecule has 0 radical (unpaired) electrons. The van der Waals surface area contributed by atoms with Crippen molar-refractivity contribution in [2.24, 2.45) is 0 Å². The van der Waals surface area contributed by atoms with Crippen LogP contribution in [0.5, 0.6) is 5.75 Å². The highest BCUT2D eigenvalue weighted by Gasteiger charge is 2.10. The van der Waals surface area contributed by atoms with E-state index in [9.17, 15) is 13.9 Å². The molecular formula is C16H16F2O2. The number of aliphatic hydroxyl groups is 1. The summed E-state index contributed by atoms with van der Waals surface area (Å²) in [4.78, 5) is 0. The molecule has 0 aromatic heterocycles. The highest BCUT2D eigenvalue weighted by atomic mass is 19.2. The monoisotopic (exact) mass is 278 g/mol. The van der Waals surface area contributed by atoms with Crippen LogP contribution in [0.4, 0.5) is 8.78 Å². The predicted octanol–water partition coefficient (Wildman–Crippen LogP) is 3.12. The van der Waals surface area contributed by atoms with Gasteiger partial charge in [-0.2, -0.15) is 0 Å². The molecule has 1 atom stereocenters. The molecule has 20 heavy (non-hydrogen) atoms.